The van der Waals surface area contributed by atoms with E-state index >= 15 is 0 Å². The topological polar surface area (TPSA) is 67.9 Å². The first-order valence-electron chi connectivity index (χ1n) is 9.10. The van der Waals surface area contributed by atoms with Crippen LogP contribution < -0.4 is 14.8 Å². The Labute approximate surface area is 169 Å². The fourth-order valence-electron chi connectivity index (χ4n) is 2.79. The summed E-state index contributed by atoms with van der Waals surface area (Å²) >= 11 is 1.43. The molecule has 0 unspecified atom stereocenters. The highest BCUT2D eigenvalue weighted by Gasteiger charge is 2.21. The first-order valence-corrected chi connectivity index (χ1v) is 9.98. The minimum absolute atomic E-state index is 0.00124. The van der Waals surface area contributed by atoms with Crippen molar-refractivity contribution < 1.29 is 19.1 Å². The molecule has 1 N–H and O–H groups in total. The predicted octanol–water partition coefficient (Wildman–Crippen LogP) is 3.34. The molecule has 0 aromatic heterocycles. The molecule has 3 rings (SSSR count). The zero-order valence-electron chi connectivity index (χ0n) is 16.2. The lowest BCUT2D eigenvalue weighted by atomic mass is 10.2. The number of hydrogen-bond acceptors (Lipinski definition) is 5. The van der Waals surface area contributed by atoms with Gasteiger partial charge < -0.3 is 19.7 Å². The van der Waals surface area contributed by atoms with E-state index in [1.165, 1.54) is 16.7 Å². The standard InChI is InChI=1S/C21H24N2O4S/c1-14-4-6-16(7-5-14)22-20(24)13-23(3)21(25)15(2)28-17-8-9-18-19(12-17)27-11-10-26-18/h4-9,12,15H,10-11,13H2,1-3H3,(H,22,24)/t15-/m1/s1. The summed E-state index contributed by atoms with van der Waals surface area (Å²) in [6, 6.07) is 13.2. The van der Waals surface area contributed by atoms with Crippen LogP contribution in [0.4, 0.5) is 5.69 Å². The van der Waals surface area contributed by atoms with E-state index in [0.717, 1.165) is 21.9 Å². The molecule has 7 heteroatoms. The minimum atomic E-state index is -0.334. The van der Waals surface area contributed by atoms with Crippen LogP contribution in [0.25, 0.3) is 0 Å². The molecular weight excluding hydrogens is 376 g/mol. The van der Waals surface area contributed by atoms with E-state index in [4.69, 9.17) is 9.47 Å². The number of carbonyl (C=O) groups is 2. The normalized spacial score (nSPS) is 13.5. The van der Waals surface area contributed by atoms with E-state index in [-0.39, 0.29) is 23.6 Å². The van der Waals surface area contributed by atoms with E-state index in [9.17, 15) is 9.59 Å². The van der Waals surface area contributed by atoms with Gasteiger partial charge in [0.05, 0.1) is 11.8 Å². The molecule has 1 aliphatic heterocycles. The van der Waals surface area contributed by atoms with E-state index in [0.29, 0.717) is 19.0 Å². The van der Waals surface area contributed by atoms with Gasteiger partial charge in [-0.3, -0.25) is 9.59 Å². The van der Waals surface area contributed by atoms with Gasteiger partial charge in [-0.25, -0.2) is 0 Å². The van der Waals surface area contributed by atoms with Crippen LogP contribution in [0.5, 0.6) is 11.5 Å². The minimum Gasteiger partial charge on any atom is -0.486 e. The Hall–Kier alpha value is -2.67. The van der Waals surface area contributed by atoms with Crippen molar-refractivity contribution in [2.75, 3.05) is 32.1 Å². The number of aryl methyl sites for hydroxylation is 1. The second kappa shape index (κ2) is 9.01. The summed E-state index contributed by atoms with van der Waals surface area (Å²) in [4.78, 5) is 27.2. The number of nitrogens with zero attached hydrogens (tertiary/aromatic N) is 1. The summed E-state index contributed by atoms with van der Waals surface area (Å²) < 4.78 is 11.1. The third-order valence-corrected chi connectivity index (χ3v) is 5.35. The van der Waals surface area contributed by atoms with Crippen LogP contribution in [0.15, 0.2) is 47.4 Å². The summed E-state index contributed by atoms with van der Waals surface area (Å²) in [6.45, 7) is 4.88. The van der Waals surface area contributed by atoms with E-state index < -0.39 is 0 Å². The largest absolute Gasteiger partial charge is 0.486 e. The molecule has 0 radical (unpaired) electrons. The van der Waals surface area contributed by atoms with Gasteiger partial charge in [0.15, 0.2) is 11.5 Å². The summed E-state index contributed by atoms with van der Waals surface area (Å²) in [6.07, 6.45) is 0. The van der Waals surface area contributed by atoms with Crippen molar-refractivity contribution >= 4 is 29.3 Å². The molecule has 0 saturated heterocycles. The van der Waals surface area contributed by atoms with Gasteiger partial charge >= 0.3 is 0 Å². The van der Waals surface area contributed by atoms with Gasteiger partial charge in [-0.1, -0.05) is 17.7 Å². The second-order valence-electron chi connectivity index (χ2n) is 6.67. The Bertz CT molecular complexity index is 854. The number of anilines is 1. The third kappa shape index (κ3) is 5.19. The smallest absolute Gasteiger partial charge is 0.243 e. The number of carbonyl (C=O) groups excluding carboxylic acids is 2. The maximum atomic E-state index is 12.6. The van der Waals surface area contributed by atoms with Crippen LogP contribution in [-0.2, 0) is 9.59 Å². The Morgan fingerprint density at radius 3 is 2.50 bits per heavy atom. The van der Waals surface area contributed by atoms with Crippen molar-refractivity contribution in [3.63, 3.8) is 0 Å². The van der Waals surface area contributed by atoms with Crippen LogP contribution in [0, 0.1) is 6.92 Å². The van der Waals surface area contributed by atoms with Gasteiger partial charge in [-0.15, -0.1) is 11.8 Å². The van der Waals surface area contributed by atoms with E-state index in [2.05, 4.69) is 5.32 Å². The quantitative estimate of drug-likeness (QED) is 0.754. The zero-order chi connectivity index (χ0) is 20.1. The van der Waals surface area contributed by atoms with E-state index in [1.54, 1.807) is 7.05 Å². The van der Waals surface area contributed by atoms with Crippen molar-refractivity contribution in [3.05, 3.63) is 48.0 Å². The van der Waals surface area contributed by atoms with Crippen molar-refractivity contribution in [2.24, 2.45) is 0 Å². The Morgan fingerprint density at radius 1 is 1.11 bits per heavy atom. The molecule has 2 aromatic carbocycles. The first-order chi connectivity index (χ1) is 13.4. The number of nitrogens with one attached hydrogen (secondary N) is 1. The van der Waals surface area contributed by atoms with Crippen LogP contribution >= 0.6 is 11.8 Å². The number of likely N-dealkylation sites (N-methyl/N-ethyl adjacent to an activating group) is 1. The Kier molecular flexibility index (Phi) is 6.46. The van der Waals surface area contributed by atoms with Crippen LogP contribution in [0.1, 0.15) is 12.5 Å². The number of hydrogen-bond donors (Lipinski definition) is 1. The van der Waals surface area contributed by atoms with Crippen molar-refractivity contribution in [1.82, 2.24) is 4.90 Å². The third-order valence-electron chi connectivity index (χ3n) is 4.27. The molecule has 6 nitrogen and oxygen atoms in total. The highest BCUT2D eigenvalue weighted by molar-refractivity contribution is 8.00. The number of thioether (sulfide) groups is 1. The number of amides is 2. The van der Waals surface area contributed by atoms with Crippen molar-refractivity contribution in [3.8, 4) is 11.5 Å². The average Bonchev–Trinajstić information content (AvgIpc) is 2.69. The fourth-order valence-corrected chi connectivity index (χ4v) is 3.80. The average molecular weight is 401 g/mol. The maximum absolute atomic E-state index is 12.6. The molecule has 2 aromatic rings. The molecule has 1 aliphatic rings. The summed E-state index contributed by atoms with van der Waals surface area (Å²) in [5, 5.41) is 2.47. The monoisotopic (exact) mass is 400 g/mol. The van der Waals surface area contributed by atoms with Crippen LogP contribution in [0.2, 0.25) is 0 Å². The molecule has 28 heavy (non-hydrogen) atoms. The first kappa shape index (κ1) is 20.1. The summed E-state index contributed by atoms with van der Waals surface area (Å²) in [7, 11) is 1.64. The molecule has 0 spiro atoms. The number of rotatable bonds is 6. The van der Waals surface area contributed by atoms with E-state index in [1.807, 2.05) is 56.3 Å². The lowest BCUT2D eigenvalue weighted by Gasteiger charge is -2.22. The van der Waals surface area contributed by atoms with Crippen molar-refractivity contribution in [2.45, 2.75) is 24.0 Å². The molecule has 0 bridgehead atoms. The van der Waals surface area contributed by atoms with Gasteiger partial charge in [0.25, 0.3) is 0 Å². The second-order valence-corrected chi connectivity index (χ2v) is 8.09. The highest BCUT2D eigenvalue weighted by Crippen LogP contribution is 2.35. The number of fused-ring (bicyclic) bond motifs is 1. The molecule has 0 aliphatic carbocycles. The molecule has 1 atom stereocenters. The number of ether oxygens (including phenoxy) is 2. The zero-order valence-corrected chi connectivity index (χ0v) is 17.0. The highest BCUT2D eigenvalue weighted by atomic mass is 32.2. The van der Waals surface area contributed by atoms with Crippen molar-refractivity contribution in [1.29, 1.82) is 0 Å². The molecular formula is C21H24N2O4S. The molecule has 1 heterocycles. The molecule has 2 amide bonds. The molecule has 0 fully saturated rings. The van der Waals surface area contributed by atoms with Gasteiger partial charge in [-0.2, -0.15) is 0 Å². The Morgan fingerprint density at radius 2 is 1.79 bits per heavy atom. The number of benzene rings is 2. The van der Waals surface area contributed by atoms with Crippen LogP contribution in [-0.4, -0.2) is 48.8 Å². The summed E-state index contributed by atoms with van der Waals surface area (Å²) in [5.74, 6) is 1.08. The fraction of sp³-hybridized carbons (Fsp3) is 0.333. The van der Waals surface area contributed by atoms with Gasteiger partial charge in [0.1, 0.15) is 13.2 Å². The Balaban J connectivity index is 1.53. The van der Waals surface area contributed by atoms with Gasteiger partial charge in [-0.05, 0) is 44.2 Å². The lowest BCUT2D eigenvalue weighted by Crippen LogP contribution is -2.38. The maximum Gasteiger partial charge on any atom is 0.243 e. The lowest BCUT2D eigenvalue weighted by molar-refractivity contribution is -0.132. The predicted molar refractivity (Wildman–Crippen MR) is 110 cm³/mol. The van der Waals surface area contributed by atoms with Crippen LogP contribution in [0.3, 0.4) is 0 Å². The summed E-state index contributed by atoms with van der Waals surface area (Å²) in [5.41, 5.74) is 1.84. The molecule has 0 saturated carbocycles. The molecule has 148 valence electrons. The van der Waals surface area contributed by atoms with Gasteiger partial charge in [0, 0.05) is 17.6 Å². The van der Waals surface area contributed by atoms with Gasteiger partial charge in [0.2, 0.25) is 11.8 Å². The SMILES string of the molecule is Cc1ccc(NC(=O)CN(C)C(=O)[C@@H](C)Sc2ccc3c(c2)OCCO3)cc1.